The Balaban J connectivity index is 2.23. The van der Waals surface area contributed by atoms with Crippen LogP contribution in [0.4, 0.5) is 0 Å². The zero-order valence-corrected chi connectivity index (χ0v) is 10.7. The quantitative estimate of drug-likeness (QED) is 0.560. The van der Waals surface area contributed by atoms with Crippen LogP contribution in [0.15, 0.2) is 18.5 Å². The van der Waals surface area contributed by atoms with E-state index >= 15 is 0 Å². The fourth-order valence-corrected chi connectivity index (χ4v) is 1.32. The summed E-state index contributed by atoms with van der Waals surface area (Å²) in [7, 11) is 0. The van der Waals surface area contributed by atoms with Gasteiger partial charge >= 0.3 is 0 Å². The molecule has 0 saturated heterocycles. The highest BCUT2D eigenvalue weighted by molar-refractivity contribution is 5.87. The first-order valence-corrected chi connectivity index (χ1v) is 5.92. The molecule has 100 valence electrons. The van der Waals surface area contributed by atoms with E-state index in [2.05, 4.69) is 15.6 Å². The Morgan fingerprint density at radius 3 is 2.67 bits per heavy atom. The third-order valence-corrected chi connectivity index (χ3v) is 2.60. The van der Waals surface area contributed by atoms with Gasteiger partial charge in [0, 0.05) is 18.9 Å². The van der Waals surface area contributed by atoms with E-state index < -0.39 is 6.04 Å². The molecule has 0 aromatic carbocycles. The lowest BCUT2D eigenvalue weighted by atomic mass is 10.1. The van der Waals surface area contributed by atoms with Crippen molar-refractivity contribution in [1.29, 1.82) is 0 Å². The summed E-state index contributed by atoms with van der Waals surface area (Å²) >= 11 is 0. The molecular formula is C12H20N4O2. The third-order valence-electron chi connectivity index (χ3n) is 2.60. The number of nitrogens with two attached hydrogens (primary N) is 1. The fourth-order valence-electron chi connectivity index (χ4n) is 1.32. The monoisotopic (exact) mass is 252 g/mol. The van der Waals surface area contributed by atoms with Crippen LogP contribution < -0.4 is 16.4 Å². The molecule has 6 nitrogen and oxygen atoms in total. The van der Waals surface area contributed by atoms with Crippen molar-refractivity contribution in [2.45, 2.75) is 26.4 Å². The van der Waals surface area contributed by atoms with Crippen molar-refractivity contribution in [3.05, 3.63) is 24.0 Å². The molecule has 0 fully saturated rings. The molecule has 2 amide bonds. The first-order chi connectivity index (χ1) is 8.50. The smallest absolute Gasteiger partial charge is 0.239 e. The number of H-pyrrole nitrogens is 1. The predicted octanol–water partition coefficient (Wildman–Crippen LogP) is -0.270. The van der Waals surface area contributed by atoms with Gasteiger partial charge in [-0.3, -0.25) is 9.59 Å². The number of carbonyl (C=O) groups is 2. The van der Waals surface area contributed by atoms with E-state index in [1.165, 1.54) is 0 Å². The minimum Gasteiger partial charge on any atom is -0.367 e. The topological polar surface area (TPSA) is 100 Å². The summed E-state index contributed by atoms with van der Waals surface area (Å²) in [5.41, 5.74) is 6.63. The van der Waals surface area contributed by atoms with Gasteiger partial charge in [0.2, 0.25) is 11.8 Å². The van der Waals surface area contributed by atoms with E-state index in [1.54, 1.807) is 12.4 Å². The van der Waals surface area contributed by atoms with Gasteiger partial charge in [-0.25, -0.2) is 0 Å². The molecule has 1 heterocycles. The van der Waals surface area contributed by atoms with Crippen molar-refractivity contribution in [3.63, 3.8) is 0 Å². The maximum atomic E-state index is 11.5. The predicted molar refractivity (Wildman–Crippen MR) is 68.5 cm³/mol. The van der Waals surface area contributed by atoms with Gasteiger partial charge in [0.05, 0.1) is 12.6 Å². The minimum absolute atomic E-state index is 0.0490. The normalized spacial score (nSPS) is 12.2. The van der Waals surface area contributed by atoms with Crippen molar-refractivity contribution < 1.29 is 9.59 Å². The molecular weight excluding hydrogens is 232 g/mol. The largest absolute Gasteiger partial charge is 0.367 e. The van der Waals surface area contributed by atoms with Crippen molar-refractivity contribution in [2.24, 2.45) is 11.7 Å². The summed E-state index contributed by atoms with van der Waals surface area (Å²) in [5, 5.41) is 5.20. The molecule has 0 unspecified atom stereocenters. The second-order valence-electron chi connectivity index (χ2n) is 4.48. The van der Waals surface area contributed by atoms with Gasteiger partial charge < -0.3 is 21.4 Å². The summed E-state index contributed by atoms with van der Waals surface area (Å²) in [6.07, 6.45) is 3.58. The van der Waals surface area contributed by atoms with E-state index in [9.17, 15) is 9.59 Å². The first kappa shape index (κ1) is 14.2. The van der Waals surface area contributed by atoms with Gasteiger partial charge in [-0.05, 0) is 17.5 Å². The Morgan fingerprint density at radius 1 is 1.39 bits per heavy atom. The summed E-state index contributed by atoms with van der Waals surface area (Å²) in [5.74, 6) is -0.491. The van der Waals surface area contributed by atoms with Gasteiger partial charge in [-0.2, -0.15) is 0 Å². The van der Waals surface area contributed by atoms with E-state index in [0.29, 0.717) is 6.54 Å². The zero-order chi connectivity index (χ0) is 13.5. The van der Waals surface area contributed by atoms with Crippen LogP contribution in [-0.2, 0) is 16.1 Å². The Kier molecular flexibility index (Phi) is 5.38. The number of amides is 2. The van der Waals surface area contributed by atoms with Gasteiger partial charge in [-0.15, -0.1) is 0 Å². The molecule has 0 spiro atoms. The van der Waals surface area contributed by atoms with Crippen molar-refractivity contribution >= 4 is 11.8 Å². The van der Waals surface area contributed by atoms with Crippen LogP contribution >= 0.6 is 0 Å². The van der Waals surface area contributed by atoms with Crippen LogP contribution in [0.25, 0.3) is 0 Å². The van der Waals surface area contributed by atoms with Crippen molar-refractivity contribution in [3.8, 4) is 0 Å². The number of aromatic nitrogens is 1. The second-order valence-corrected chi connectivity index (χ2v) is 4.48. The second kappa shape index (κ2) is 6.80. The summed E-state index contributed by atoms with van der Waals surface area (Å²) in [6.45, 7) is 4.10. The number of nitrogens with one attached hydrogen (secondary N) is 3. The lowest BCUT2D eigenvalue weighted by molar-refractivity contribution is -0.127. The van der Waals surface area contributed by atoms with E-state index in [-0.39, 0.29) is 24.3 Å². The standard InChI is InChI=1S/C12H20N4O2/c1-8(2)11(13)12(18)16-7-10(17)15-6-9-3-4-14-5-9/h3-5,8,11,14H,6-7,13H2,1-2H3,(H,15,17)(H,16,18)/t11-/m0/s1. The Bertz CT molecular complexity index is 387. The highest BCUT2D eigenvalue weighted by atomic mass is 16.2. The maximum Gasteiger partial charge on any atom is 0.239 e. The molecule has 0 aliphatic rings. The van der Waals surface area contributed by atoms with Crippen LogP contribution in [0.5, 0.6) is 0 Å². The number of hydrogen-bond acceptors (Lipinski definition) is 3. The molecule has 18 heavy (non-hydrogen) atoms. The highest BCUT2D eigenvalue weighted by Gasteiger charge is 2.17. The number of carbonyl (C=O) groups excluding carboxylic acids is 2. The van der Waals surface area contributed by atoms with Crippen LogP contribution in [0.3, 0.4) is 0 Å². The summed E-state index contributed by atoms with van der Waals surface area (Å²) in [6, 6.07) is 1.29. The molecule has 0 aliphatic heterocycles. The lowest BCUT2D eigenvalue weighted by Gasteiger charge is -2.15. The van der Waals surface area contributed by atoms with E-state index in [4.69, 9.17) is 5.73 Å². The average molecular weight is 252 g/mol. The van der Waals surface area contributed by atoms with Gasteiger partial charge in [0.25, 0.3) is 0 Å². The molecule has 1 atom stereocenters. The van der Waals surface area contributed by atoms with Gasteiger partial charge in [0.15, 0.2) is 0 Å². The van der Waals surface area contributed by atoms with E-state index in [1.807, 2.05) is 19.9 Å². The van der Waals surface area contributed by atoms with Crippen LogP contribution in [0.2, 0.25) is 0 Å². The van der Waals surface area contributed by atoms with Gasteiger partial charge in [0.1, 0.15) is 0 Å². The molecule has 1 rings (SSSR count). The molecule has 0 saturated carbocycles. The Morgan fingerprint density at radius 2 is 2.11 bits per heavy atom. The molecule has 0 aliphatic carbocycles. The molecule has 5 N–H and O–H groups in total. The molecule has 6 heteroatoms. The lowest BCUT2D eigenvalue weighted by Crippen LogP contribution is -2.47. The van der Waals surface area contributed by atoms with Crippen LogP contribution in [0.1, 0.15) is 19.4 Å². The fraction of sp³-hybridized carbons (Fsp3) is 0.500. The van der Waals surface area contributed by atoms with Gasteiger partial charge in [-0.1, -0.05) is 13.8 Å². The Labute approximate surface area is 106 Å². The molecule has 0 bridgehead atoms. The molecule has 1 aromatic heterocycles. The number of hydrogen-bond donors (Lipinski definition) is 4. The number of aromatic amines is 1. The van der Waals surface area contributed by atoms with E-state index in [0.717, 1.165) is 5.56 Å². The minimum atomic E-state index is -0.581. The maximum absolute atomic E-state index is 11.5. The van der Waals surface area contributed by atoms with Crippen LogP contribution in [-0.4, -0.2) is 29.4 Å². The summed E-state index contributed by atoms with van der Waals surface area (Å²) < 4.78 is 0. The molecule has 1 aromatic rings. The first-order valence-electron chi connectivity index (χ1n) is 5.92. The Hall–Kier alpha value is -1.82. The molecule has 0 radical (unpaired) electrons. The summed E-state index contributed by atoms with van der Waals surface area (Å²) in [4.78, 5) is 25.9. The zero-order valence-electron chi connectivity index (χ0n) is 10.7. The number of rotatable bonds is 6. The van der Waals surface area contributed by atoms with Crippen LogP contribution in [0, 0.1) is 5.92 Å². The van der Waals surface area contributed by atoms with Crippen molar-refractivity contribution in [1.82, 2.24) is 15.6 Å². The van der Waals surface area contributed by atoms with Crippen molar-refractivity contribution in [2.75, 3.05) is 6.54 Å². The average Bonchev–Trinajstić information content (AvgIpc) is 2.85. The third kappa shape index (κ3) is 4.58. The highest BCUT2D eigenvalue weighted by Crippen LogP contribution is 1.97. The SMILES string of the molecule is CC(C)[C@H](N)C(=O)NCC(=O)NCc1cc[nH]c1.